The molecular formula is C11H19ClN2O2S. The Kier molecular flexibility index (Phi) is 5.04. The highest BCUT2D eigenvalue weighted by Gasteiger charge is 2.21. The monoisotopic (exact) mass is 278 g/mol. The van der Waals surface area contributed by atoms with Crippen molar-refractivity contribution in [1.29, 1.82) is 0 Å². The minimum absolute atomic E-state index is 0.277. The number of aromatic amines is 1. The normalized spacial score (nSPS) is 12.6. The number of sulfonamides is 1. The smallest absolute Gasteiger partial charge is 0.244 e. The molecule has 0 saturated heterocycles. The van der Waals surface area contributed by atoms with Crippen LogP contribution in [-0.4, -0.2) is 31.3 Å². The first-order valence-electron chi connectivity index (χ1n) is 5.57. The van der Waals surface area contributed by atoms with Gasteiger partial charge in [0.05, 0.1) is 10.8 Å². The van der Waals surface area contributed by atoms with Gasteiger partial charge in [-0.05, 0) is 18.4 Å². The number of alkyl halides is 1. The lowest BCUT2D eigenvalue weighted by molar-refractivity contribution is 0.428. The van der Waals surface area contributed by atoms with Gasteiger partial charge >= 0.3 is 0 Å². The van der Waals surface area contributed by atoms with Crippen molar-refractivity contribution in [3.05, 3.63) is 18.0 Å². The number of nitrogens with one attached hydrogen (secondary N) is 1. The molecule has 0 unspecified atom stereocenters. The van der Waals surface area contributed by atoms with Crippen LogP contribution in [0.15, 0.2) is 17.2 Å². The third-order valence-corrected chi connectivity index (χ3v) is 4.71. The van der Waals surface area contributed by atoms with Crippen molar-refractivity contribution < 1.29 is 8.42 Å². The molecule has 0 spiro atoms. The Hall–Kier alpha value is -0.520. The third kappa shape index (κ3) is 3.72. The molecule has 0 fully saturated rings. The predicted octanol–water partition coefficient (Wildman–Crippen LogP) is 2.42. The van der Waals surface area contributed by atoms with Crippen molar-refractivity contribution in [3.63, 3.8) is 0 Å². The summed E-state index contributed by atoms with van der Waals surface area (Å²) in [6.07, 6.45) is 2.33. The molecule has 0 amide bonds. The molecule has 6 heteroatoms. The first-order chi connectivity index (χ1) is 7.87. The van der Waals surface area contributed by atoms with E-state index in [9.17, 15) is 8.42 Å². The molecule has 1 rings (SSSR count). The molecule has 1 heterocycles. The number of H-pyrrole nitrogens is 1. The summed E-state index contributed by atoms with van der Waals surface area (Å²) in [5.74, 6) is 0.767. The molecular weight excluding hydrogens is 260 g/mol. The number of aromatic nitrogens is 1. The van der Waals surface area contributed by atoms with Gasteiger partial charge in [0.25, 0.3) is 0 Å². The fourth-order valence-electron chi connectivity index (χ4n) is 1.39. The second-order valence-electron chi connectivity index (χ2n) is 4.50. The minimum atomic E-state index is -3.38. The zero-order valence-electron chi connectivity index (χ0n) is 10.4. The van der Waals surface area contributed by atoms with Crippen molar-refractivity contribution in [2.45, 2.75) is 31.0 Å². The molecule has 0 aromatic carbocycles. The summed E-state index contributed by atoms with van der Waals surface area (Å²) in [5, 5.41) is 0. The van der Waals surface area contributed by atoms with Gasteiger partial charge in [-0.15, -0.1) is 11.6 Å². The van der Waals surface area contributed by atoms with Crippen molar-refractivity contribution >= 4 is 21.6 Å². The first-order valence-corrected chi connectivity index (χ1v) is 7.55. The molecule has 1 aromatic heterocycles. The number of hydrogen-bond donors (Lipinski definition) is 1. The van der Waals surface area contributed by atoms with Gasteiger partial charge in [0.1, 0.15) is 0 Å². The first kappa shape index (κ1) is 14.5. The zero-order valence-corrected chi connectivity index (χ0v) is 12.0. The van der Waals surface area contributed by atoms with Gasteiger partial charge in [-0.25, -0.2) is 12.7 Å². The summed E-state index contributed by atoms with van der Waals surface area (Å²) in [6, 6.07) is 1.58. The third-order valence-electron chi connectivity index (χ3n) is 2.59. The number of nitrogens with zero attached hydrogens (tertiary/aromatic N) is 1. The van der Waals surface area contributed by atoms with E-state index in [4.69, 9.17) is 11.6 Å². The van der Waals surface area contributed by atoms with Gasteiger partial charge in [-0.2, -0.15) is 0 Å². The zero-order chi connectivity index (χ0) is 13.1. The molecule has 0 bridgehead atoms. The topological polar surface area (TPSA) is 53.2 Å². The van der Waals surface area contributed by atoms with Crippen molar-refractivity contribution in [2.75, 3.05) is 13.6 Å². The van der Waals surface area contributed by atoms with E-state index in [1.165, 1.54) is 10.5 Å². The molecule has 4 nitrogen and oxygen atoms in total. The summed E-state index contributed by atoms with van der Waals surface area (Å²) in [7, 11) is -1.78. The molecule has 0 aliphatic rings. The molecule has 0 saturated carbocycles. The van der Waals surface area contributed by atoms with Crippen LogP contribution in [0.4, 0.5) is 0 Å². The average Bonchev–Trinajstić information content (AvgIpc) is 2.74. The van der Waals surface area contributed by atoms with Crippen molar-refractivity contribution in [3.8, 4) is 0 Å². The second-order valence-corrected chi connectivity index (χ2v) is 6.82. The summed E-state index contributed by atoms with van der Waals surface area (Å²) in [5.41, 5.74) is 0.711. The molecule has 1 N–H and O–H groups in total. The van der Waals surface area contributed by atoms with Crippen LogP contribution < -0.4 is 0 Å². The van der Waals surface area contributed by atoms with Crippen LogP contribution in [0.3, 0.4) is 0 Å². The average molecular weight is 279 g/mol. The van der Waals surface area contributed by atoms with Crippen LogP contribution in [0.25, 0.3) is 0 Å². The summed E-state index contributed by atoms with van der Waals surface area (Å²) < 4.78 is 25.7. The standard InChI is InChI=1S/C11H19ClN2O2S/c1-9(2)4-5-14(3)17(15,16)11-6-10(7-12)13-8-11/h6,8-9,13H,4-5,7H2,1-3H3. The second kappa shape index (κ2) is 5.89. The SMILES string of the molecule is CC(C)CCN(C)S(=O)(=O)c1c[nH]c(CCl)c1. The van der Waals surface area contributed by atoms with E-state index in [1.54, 1.807) is 13.1 Å². The quantitative estimate of drug-likeness (QED) is 0.813. The van der Waals surface area contributed by atoms with Crippen LogP contribution in [0.1, 0.15) is 26.0 Å². The van der Waals surface area contributed by atoms with Crippen molar-refractivity contribution in [2.24, 2.45) is 5.92 Å². The Balaban J connectivity index is 2.79. The summed E-state index contributed by atoms with van der Waals surface area (Å²) in [4.78, 5) is 3.12. The van der Waals surface area contributed by atoms with Crippen LogP contribution in [0.2, 0.25) is 0 Å². The predicted molar refractivity (Wildman–Crippen MR) is 69.6 cm³/mol. The fraction of sp³-hybridized carbons (Fsp3) is 0.636. The lowest BCUT2D eigenvalue weighted by Crippen LogP contribution is -2.28. The van der Waals surface area contributed by atoms with E-state index < -0.39 is 10.0 Å². The van der Waals surface area contributed by atoms with E-state index in [0.717, 1.165) is 6.42 Å². The highest BCUT2D eigenvalue weighted by atomic mass is 35.5. The Labute approximate surface area is 108 Å². The highest BCUT2D eigenvalue weighted by Crippen LogP contribution is 2.17. The largest absolute Gasteiger partial charge is 0.363 e. The Morgan fingerprint density at radius 2 is 2.12 bits per heavy atom. The van der Waals surface area contributed by atoms with Gasteiger partial charge in [-0.3, -0.25) is 0 Å². The molecule has 1 aromatic rings. The van der Waals surface area contributed by atoms with Crippen LogP contribution in [-0.2, 0) is 15.9 Å². The molecule has 0 aliphatic carbocycles. The maximum atomic E-state index is 12.1. The van der Waals surface area contributed by atoms with Gasteiger partial charge in [0, 0.05) is 25.5 Å². The van der Waals surface area contributed by atoms with Gasteiger partial charge in [0.2, 0.25) is 10.0 Å². The van der Waals surface area contributed by atoms with E-state index >= 15 is 0 Å². The lowest BCUT2D eigenvalue weighted by Gasteiger charge is -2.17. The lowest BCUT2D eigenvalue weighted by atomic mass is 10.1. The van der Waals surface area contributed by atoms with Gasteiger partial charge < -0.3 is 4.98 Å². The maximum absolute atomic E-state index is 12.1. The fourth-order valence-corrected chi connectivity index (χ4v) is 2.74. The molecule has 0 atom stereocenters. The maximum Gasteiger partial charge on any atom is 0.244 e. The highest BCUT2D eigenvalue weighted by molar-refractivity contribution is 7.89. The van der Waals surface area contributed by atoms with E-state index in [-0.39, 0.29) is 10.8 Å². The Morgan fingerprint density at radius 1 is 1.47 bits per heavy atom. The van der Waals surface area contributed by atoms with Crippen LogP contribution in [0.5, 0.6) is 0 Å². The van der Waals surface area contributed by atoms with Crippen molar-refractivity contribution in [1.82, 2.24) is 9.29 Å². The Bertz CT molecular complexity index is 454. The van der Waals surface area contributed by atoms with E-state index in [2.05, 4.69) is 18.8 Å². The molecule has 98 valence electrons. The summed E-state index contributed by atoms with van der Waals surface area (Å²) >= 11 is 5.63. The number of hydrogen-bond acceptors (Lipinski definition) is 2. The van der Waals surface area contributed by atoms with E-state index in [1.807, 2.05) is 0 Å². The van der Waals surface area contributed by atoms with Gasteiger partial charge in [0.15, 0.2) is 0 Å². The molecule has 17 heavy (non-hydrogen) atoms. The van der Waals surface area contributed by atoms with Crippen LogP contribution >= 0.6 is 11.6 Å². The molecule has 0 aliphatic heterocycles. The van der Waals surface area contributed by atoms with E-state index in [0.29, 0.717) is 18.2 Å². The molecule has 0 radical (unpaired) electrons. The van der Waals surface area contributed by atoms with Crippen LogP contribution in [0, 0.1) is 5.92 Å². The Morgan fingerprint density at radius 3 is 2.59 bits per heavy atom. The number of rotatable bonds is 6. The van der Waals surface area contributed by atoms with Gasteiger partial charge in [-0.1, -0.05) is 13.8 Å². The minimum Gasteiger partial charge on any atom is -0.363 e. The number of halogens is 1. The summed E-state index contributed by atoms with van der Waals surface area (Å²) in [6.45, 7) is 4.67.